The predicted molar refractivity (Wildman–Crippen MR) is 141 cm³/mol. The van der Waals surface area contributed by atoms with Crippen molar-refractivity contribution in [3.05, 3.63) is 96.3 Å². The van der Waals surface area contributed by atoms with E-state index in [1.54, 1.807) is 0 Å². The first kappa shape index (κ1) is 27.3. The van der Waals surface area contributed by atoms with Gasteiger partial charge >= 0.3 is 12.0 Å². The van der Waals surface area contributed by atoms with Crippen LogP contribution in [0.1, 0.15) is 17.7 Å². The number of carboxylic acids is 1. The molecule has 4 aromatic rings. The van der Waals surface area contributed by atoms with Crippen molar-refractivity contribution in [1.29, 1.82) is 0 Å². The van der Waals surface area contributed by atoms with Crippen LogP contribution in [0.3, 0.4) is 0 Å². The second-order valence-electron chi connectivity index (χ2n) is 8.96. The summed E-state index contributed by atoms with van der Waals surface area (Å²) in [5, 5.41) is 14.4. The van der Waals surface area contributed by atoms with Crippen LogP contribution in [0.4, 0.5) is 9.18 Å². The molecule has 3 aromatic carbocycles. The van der Waals surface area contributed by atoms with Crippen LogP contribution in [0, 0.1) is 11.7 Å². The summed E-state index contributed by atoms with van der Waals surface area (Å²) in [5.74, 6) is 2.86. The number of aromatic nitrogens is 2. The Morgan fingerprint density at radius 3 is 2.51 bits per heavy atom. The second kappa shape index (κ2) is 12.7. The zero-order valence-corrected chi connectivity index (χ0v) is 20.9. The van der Waals surface area contributed by atoms with Crippen molar-refractivity contribution < 1.29 is 28.6 Å². The molecule has 39 heavy (non-hydrogen) atoms. The molecule has 0 saturated heterocycles. The number of nitrogens with zero attached hydrogens (tertiary/aromatic N) is 2. The summed E-state index contributed by atoms with van der Waals surface area (Å²) in [6.45, 7) is 0.158. The molecule has 0 bridgehead atoms. The Kier molecular flexibility index (Phi) is 8.85. The maximum atomic E-state index is 13.4. The summed E-state index contributed by atoms with van der Waals surface area (Å²) in [4.78, 5) is 41.2. The highest BCUT2D eigenvalue weighted by Gasteiger charge is 2.27. The Bertz CT molecular complexity index is 1450. The molecule has 0 saturated carbocycles. The number of nitrogens with two attached hydrogens (primary N) is 1. The molecule has 0 aliphatic rings. The van der Waals surface area contributed by atoms with Gasteiger partial charge < -0.3 is 15.2 Å². The van der Waals surface area contributed by atoms with Crippen molar-refractivity contribution in [2.75, 3.05) is 6.61 Å². The van der Waals surface area contributed by atoms with Crippen LogP contribution in [0.5, 0.6) is 5.75 Å². The maximum absolute atomic E-state index is 13.4. The molecule has 5 N–H and O–H groups in total. The second-order valence-corrected chi connectivity index (χ2v) is 8.96. The number of rotatable bonds is 11. The van der Waals surface area contributed by atoms with Gasteiger partial charge in [-0.25, -0.2) is 24.8 Å². The average Bonchev–Trinajstić information content (AvgIpc) is 3.41. The zero-order valence-electron chi connectivity index (χ0n) is 20.9. The first-order valence-corrected chi connectivity index (χ1v) is 12.3. The van der Waals surface area contributed by atoms with E-state index in [0.29, 0.717) is 12.2 Å². The number of carboxylic acid groups (broad SMARTS) is 1. The minimum absolute atomic E-state index is 0.140. The number of hydrogen-bond donors (Lipinski definition) is 4. The number of imidazole rings is 1. The number of benzene rings is 3. The maximum Gasteiger partial charge on any atom is 0.340 e. The summed E-state index contributed by atoms with van der Waals surface area (Å²) in [6, 6.07) is 17.3. The van der Waals surface area contributed by atoms with E-state index in [1.165, 1.54) is 36.8 Å². The number of ether oxygens (including phenoxy) is 1. The summed E-state index contributed by atoms with van der Waals surface area (Å²) in [5.41, 5.74) is 3.18. The van der Waals surface area contributed by atoms with Gasteiger partial charge in [-0.3, -0.25) is 14.8 Å². The first-order valence-electron chi connectivity index (χ1n) is 12.3. The molecule has 0 radical (unpaired) electrons. The van der Waals surface area contributed by atoms with E-state index in [2.05, 4.69) is 10.3 Å². The lowest BCUT2D eigenvalue weighted by Crippen LogP contribution is -2.45. The van der Waals surface area contributed by atoms with E-state index in [9.17, 15) is 23.9 Å². The Hall–Kier alpha value is -4.77. The van der Waals surface area contributed by atoms with E-state index in [1.807, 2.05) is 47.9 Å². The molecule has 2 atom stereocenters. The third-order valence-corrected chi connectivity index (χ3v) is 6.29. The number of hydrazine groups is 1. The van der Waals surface area contributed by atoms with Gasteiger partial charge in [0.25, 0.3) is 0 Å². The predicted octanol–water partition coefficient (Wildman–Crippen LogP) is 3.05. The molecular weight excluding hydrogens is 505 g/mol. The molecule has 202 valence electrons. The summed E-state index contributed by atoms with van der Waals surface area (Å²) in [7, 11) is 0. The minimum Gasteiger partial charge on any atom is -0.494 e. The quantitative estimate of drug-likeness (QED) is 0.132. The lowest BCUT2D eigenvalue weighted by Gasteiger charge is -2.21. The fraction of sp³-hybridized carbons (Fsp3) is 0.214. The van der Waals surface area contributed by atoms with Gasteiger partial charge in [0.2, 0.25) is 5.91 Å². The van der Waals surface area contributed by atoms with Gasteiger partial charge in [-0.2, -0.15) is 0 Å². The van der Waals surface area contributed by atoms with Gasteiger partial charge in [0, 0.05) is 18.5 Å². The van der Waals surface area contributed by atoms with Crippen LogP contribution in [0.25, 0.3) is 10.8 Å². The van der Waals surface area contributed by atoms with Crippen molar-refractivity contribution in [2.24, 2.45) is 11.8 Å². The highest BCUT2D eigenvalue weighted by Crippen LogP contribution is 2.23. The minimum atomic E-state index is -1.28. The summed E-state index contributed by atoms with van der Waals surface area (Å²) in [6.07, 6.45) is 3.03. The number of amides is 2. The van der Waals surface area contributed by atoms with Crippen LogP contribution in [0.2, 0.25) is 0 Å². The molecule has 0 fully saturated rings. The van der Waals surface area contributed by atoms with Crippen molar-refractivity contribution in [3.8, 4) is 5.75 Å². The summed E-state index contributed by atoms with van der Waals surface area (Å²) < 4.78 is 20.0. The zero-order chi connectivity index (χ0) is 27.8. The van der Waals surface area contributed by atoms with E-state index in [4.69, 9.17) is 10.6 Å². The van der Waals surface area contributed by atoms with Crippen LogP contribution in [-0.2, 0) is 22.4 Å². The number of carbonyl (C=O) groups is 3. The number of aliphatic carboxylic acids is 1. The molecule has 10 nitrogen and oxygen atoms in total. The number of hydrogen-bond acceptors (Lipinski definition) is 6. The van der Waals surface area contributed by atoms with Gasteiger partial charge in [0.1, 0.15) is 23.9 Å². The van der Waals surface area contributed by atoms with E-state index >= 15 is 0 Å². The van der Waals surface area contributed by atoms with Gasteiger partial charge in [-0.05, 0) is 53.4 Å². The lowest BCUT2D eigenvalue weighted by atomic mass is 9.92. The number of carbonyl (C=O) groups excluding carboxylic acids is 2. The first-order chi connectivity index (χ1) is 18.8. The Morgan fingerprint density at radius 2 is 1.77 bits per heavy atom. The van der Waals surface area contributed by atoms with Gasteiger partial charge in [-0.15, -0.1) is 0 Å². The normalized spacial score (nSPS) is 12.5. The van der Waals surface area contributed by atoms with Gasteiger partial charge in [-0.1, -0.05) is 42.5 Å². The number of nitrogen functional groups attached to an aromatic ring is 1. The fourth-order valence-electron chi connectivity index (χ4n) is 4.27. The molecular formula is C28H28FN5O5. The molecule has 0 aliphatic heterocycles. The topological polar surface area (TPSA) is 149 Å². The standard InChI is InChI=1S/C28H28FN5O5/c29-21-8-10-23(11-9-21)39-13-12-20(14-19-6-3-5-18-4-1-2-7-24(18)19)26(35)32-25(27(36)37)15-22-16-34(17-31-22)28(38)33-30/h1-11,16-17,20,25H,12-15,30H2,(H,32,35)(H,33,38)(H,36,37)/t20?,25-/m0/s1. The van der Waals surface area contributed by atoms with Gasteiger partial charge in [0.05, 0.1) is 12.3 Å². The van der Waals surface area contributed by atoms with Crippen LogP contribution in [-0.4, -0.2) is 45.2 Å². The fourth-order valence-corrected chi connectivity index (χ4v) is 4.27. The Morgan fingerprint density at radius 1 is 1.03 bits per heavy atom. The highest BCUT2D eigenvalue weighted by atomic mass is 19.1. The van der Waals surface area contributed by atoms with Crippen LogP contribution >= 0.6 is 0 Å². The van der Waals surface area contributed by atoms with Gasteiger partial charge in [0.15, 0.2) is 0 Å². The molecule has 2 amide bonds. The molecule has 0 aliphatic carbocycles. The van der Waals surface area contributed by atoms with E-state index < -0.39 is 29.9 Å². The van der Waals surface area contributed by atoms with E-state index in [-0.39, 0.29) is 31.0 Å². The molecule has 11 heteroatoms. The van der Waals surface area contributed by atoms with Crippen LogP contribution in [0.15, 0.2) is 79.3 Å². The van der Waals surface area contributed by atoms with Crippen molar-refractivity contribution >= 4 is 28.7 Å². The number of halogens is 1. The SMILES string of the molecule is NNC(=O)n1cnc(C[C@H](NC(=O)C(CCOc2ccc(F)cc2)Cc2cccc3ccccc23)C(=O)O)c1. The molecule has 1 unspecified atom stereocenters. The summed E-state index contributed by atoms with van der Waals surface area (Å²) >= 11 is 0. The largest absolute Gasteiger partial charge is 0.494 e. The molecule has 1 aromatic heterocycles. The van der Waals surface area contributed by atoms with Crippen LogP contribution < -0.4 is 21.3 Å². The number of nitrogens with one attached hydrogen (secondary N) is 2. The lowest BCUT2D eigenvalue weighted by molar-refractivity contribution is -0.142. The Balaban J connectivity index is 1.51. The molecule has 4 rings (SSSR count). The van der Waals surface area contributed by atoms with E-state index in [0.717, 1.165) is 20.9 Å². The molecule has 0 spiro atoms. The highest BCUT2D eigenvalue weighted by molar-refractivity contribution is 5.88. The average molecular weight is 534 g/mol. The van der Waals surface area contributed by atoms with Crippen molar-refractivity contribution in [1.82, 2.24) is 20.3 Å². The molecule has 1 heterocycles. The third-order valence-electron chi connectivity index (χ3n) is 6.29. The third kappa shape index (κ3) is 7.17. The number of fused-ring (bicyclic) bond motifs is 1. The van der Waals surface area contributed by atoms with Crippen molar-refractivity contribution in [2.45, 2.75) is 25.3 Å². The van der Waals surface area contributed by atoms with Crippen molar-refractivity contribution in [3.63, 3.8) is 0 Å². The Labute approximate surface area is 223 Å². The monoisotopic (exact) mass is 533 g/mol. The smallest absolute Gasteiger partial charge is 0.340 e.